The van der Waals surface area contributed by atoms with Crippen LogP contribution in [0.5, 0.6) is 0 Å². The summed E-state index contributed by atoms with van der Waals surface area (Å²) in [5.41, 5.74) is 2.07. The van der Waals surface area contributed by atoms with Gasteiger partial charge in [-0.1, -0.05) is 12.1 Å². The Kier molecular flexibility index (Phi) is 3.69. The molecule has 2 rings (SSSR count). The van der Waals surface area contributed by atoms with Crippen LogP contribution in [0.3, 0.4) is 0 Å². The molecule has 4 nitrogen and oxygen atoms in total. The van der Waals surface area contributed by atoms with Gasteiger partial charge < -0.3 is 10.4 Å². The number of hydrogen-bond donors (Lipinski definition) is 2. The van der Waals surface area contributed by atoms with Crippen molar-refractivity contribution in [2.45, 2.75) is 13.0 Å². The molecule has 0 spiro atoms. The maximum absolute atomic E-state index is 11.8. The molecule has 1 aromatic heterocycles. The number of pyridine rings is 1. The molecule has 0 bridgehead atoms. The third-order valence-electron chi connectivity index (χ3n) is 2.59. The van der Waals surface area contributed by atoms with E-state index in [1.165, 1.54) is 0 Å². The van der Waals surface area contributed by atoms with Gasteiger partial charge in [-0.25, -0.2) is 0 Å². The zero-order valence-electron chi connectivity index (χ0n) is 10.00. The fourth-order valence-corrected chi connectivity index (χ4v) is 1.55. The van der Waals surface area contributed by atoms with E-state index in [2.05, 4.69) is 10.3 Å². The van der Waals surface area contributed by atoms with Crippen molar-refractivity contribution in [2.75, 3.05) is 5.32 Å². The van der Waals surface area contributed by atoms with Crippen LogP contribution in [0.15, 0.2) is 48.8 Å². The van der Waals surface area contributed by atoms with E-state index in [4.69, 9.17) is 0 Å². The van der Waals surface area contributed by atoms with Gasteiger partial charge in [0.2, 0.25) is 0 Å². The molecular formula is C14H14N2O2. The Bertz CT molecular complexity index is 521. The predicted molar refractivity (Wildman–Crippen MR) is 69.3 cm³/mol. The molecule has 0 aliphatic heterocycles. The van der Waals surface area contributed by atoms with Crippen molar-refractivity contribution < 1.29 is 9.90 Å². The first-order valence-corrected chi connectivity index (χ1v) is 5.66. The van der Waals surface area contributed by atoms with Crippen molar-refractivity contribution in [3.8, 4) is 0 Å². The number of carbonyl (C=O) groups excluding carboxylic acids is 1. The highest BCUT2D eigenvalue weighted by Gasteiger charge is 2.06. The Labute approximate surface area is 105 Å². The van der Waals surface area contributed by atoms with E-state index < -0.39 is 6.10 Å². The minimum Gasteiger partial charge on any atom is -0.389 e. The van der Waals surface area contributed by atoms with Crippen LogP contribution in [0.2, 0.25) is 0 Å². The number of nitrogens with one attached hydrogen (secondary N) is 1. The average Bonchev–Trinajstić information content (AvgIpc) is 2.40. The lowest BCUT2D eigenvalue weighted by Gasteiger charge is -2.07. The van der Waals surface area contributed by atoms with Crippen LogP contribution in [0.1, 0.15) is 28.9 Å². The fourth-order valence-electron chi connectivity index (χ4n) is 1.55. The van der Waals surface area contributed by atoms with Gasteiger partial charge in [0.25, 0.3) is 5.91 Å². The summed E-state index contributed by atoms with van der Waals surface area (Å²) >= 11 is 0. The number of aliphatic hydroxyl groups excluding tert-OH is 1. The van der Waals surface area contributed by atoms with Gasteiger partial charge in [0.05, 0.1) is 6.10 Å². The molecule has 0 saturated carbocycles. The van der Waals surface area contributed by atoms with Crippen LogP contribution in [0.25, 0.3) is 0 Å². The number of rotatable bonds is 3. The molecule has 1 heterocycles. The Morgan fingerprint density at radius 1 is 1.17 bits per heavy atom. The summed E-state index contributed by atoms with van der Waals surface area (Å²) in [4.78, 5) is 15.7. The molecule has 1 amide bonds. The number of aromatic nitrogens is 1. The highest BCUT2D eigenvalue weighted by molar-refractivity contribution is 6.04. The molecule has 1 unspecified atom stereocenters. The van der Waals surface area contributed by atoms with Gasteiger partial charge in [-0.3, -0.25) is 9.78 Å². The second-order valence-corrected chi connectivity index (χ2v) is 3.99. The van der Waals surface area contributed by atoms with Crippen LogP contribution in [-0.2, 0) is 0 Å². The second-order valence-electron chi connectivity index (χ2n) is 3.99. The highest BCUT2D eigenvalue weighted by atomic mass is 16.3. The summed E-state index contributed by atoms with van der Waals surface area (Å²) in [7, 11) is 0. The lowest BCUT2D eigenvalue weighted by Crippen LogP contribution is -2.11. The van der Waals surface area contributed by atoms with Crippen LogP contribution < -0.4 is 5.32 Å². The first kappa shape index (κ1) is 12.3. The zero-order chi connectivity index (χ0) is 13.0. The van der Waals surface area contributed by atoms with E-state index in [0.717, 1.165) is 5.56 Å². The van der Waals surface area contributed by atoms with E-state index in [1.807, 2.05) is 0 Å². The summed E-state index contributed by atoms with van der Waals surface area (Å²) in [6.07, 6.45) is 2.65. The Hall–Kier alpha value is -2.20. The van der Waals surface area contributed by atoms with Crippen molar-refractivity contribution in [3.05, 3.63) is 59.9 Å². The summed E-state index contributed by atoms with van der Waals surface area (Å²) in [6, 6.07) is 10.4. The van der Waals surface area contributed by atoms with Gasteiger partial charge in [0.15, 0.2) is 0 Å². The molecule has 1 aromatic carbocycles. The van der Waals surface area contributed by atoms with Gasteiger partial charge in [0.1, 0.15) is 0 Å². The lowest BCUT2D eigenvalue weighted by molar-refractivity contribution is 0.102. The van der Waals surface area contributed by atoms with E-state index in [9.17, 15) is 9.90 Å². The molecule has 92 valence electrons. The SMILES string of the molecule is CC(O)c1ccc(NC(=O)c2ccncc2)cc1. The van der Waals surface area contributed by atoms with E-state index in [0.29, 0.717) is 11.3 Å². The minimum atomic E-state index is -0.505. The zero-order valence-corrected chi connectivity index (χ0v) is 10.00. The number of carbonyl (C=O) groups is 1. The smallest absolute Gasteiger partial charge is 0.255 e. The first-order chi connectivity index (χ1) is 8.66. The monoisotopic (exact) mass is 242 g/mol. The third-order valence-corrected chi connectivity index (χ3v) is 2.59. The molecule has 0 radical (unpaired) electrons. The van der Waals surface area contributed by atoms with Gasteiger partial charge in [-0.15, -0.1) is 0 Å². The molecule has 0 aliphatic carbocycles. The molecule has 2 N–H and O–H groups in total. The Morgan fingerprint density at radius 3 is 2.33 bits per heavy atom. The summed E-state index contributed by atoms with van der Waals surface area (Å²) in [5, 5.41) is 12.2. The number of aliphatic hydroxyl groups is 1. The van der Waals surface area contributed by atoms with Crippen LogP contribution in [-0.4, -0.2) is 16.0 Å². The molecule has 2 aromatic rings. The standard InChI is InChI=1S/C14H14N2O2/c1-10(17)11-2-4-13(5-3-11)16-14(18)12-6-8-15-9-7-12/h2-10,17H,1H3,(H,16,18). The van der Waals surface area contributed by atoms with Crippen molar-refractivity contribution >= 4 is 11.6 Å². The predicted octanol–water partition coefficient (Wildman–Crippen LogP) is 2.39. The number of anilines is 1. The Balaban J connectivity index is 2.08. The van der Waals surface area contributed by atoms with Crippen LogP contribution in [0, 0.1) is 0 Å². The summed E-state index contributed by atoms with van der Waals surface area (Å²) < 4.78 is 0. The molecule has 4 heteroatoms. The summed E-state index contributed by atoms with van der Waals surface area (Å²) in [6.45, 7) is 1.70. The van der Waals surface area contributed by atoms with Crippen LogP contribution in [0.4, 0.5) is 5.69 Å². The van der Waals surface area contributed by atoms with Gasteiger partial charge in [-0.05, 0) is 36.8 Å². The van der Waals surface area contributed by atoms with E-state index in [1.54, 1.807) is 55.7 Å². The minimum absolute atomic E-state index is 0.179. The molecular weight excluding hydrogens is 228 g/mol. The van der Waals surface area contributed by atoms with Crippen molar-refractivity contribution in [1.29, 1.82) is 0 Å². The Morgan fingerprint density at radius 2 is 1.78 bits per heavy atom. The number of nitrogens with zero attached hydrogens (tertiary/aromatic N) is 1. The maximum Gasteiger partial charge on any atom is 0.255 e. The topological polar surface area (TPSA) is 62.2 Å². The lowest BCUT2D eigenvalue weighted by atomic mass is 10.1. The molecule has 0 fully saturated rings. The normalized spacial score (nSPS) is 11.9. The number of benzene rings is 1. The molecule has 1 atom stereocenters. The summed E-state index contributed by atoms with van der Waals surface area (Å²) in [5.74, 6) is -0.179. The fraction of sp³-hybridized carbons (Fsp3) is 0.143. The average molecular weight is 242 g/mol. The van der Waals surface area contributed by atoms with Gasteiger partial charge in [-0.2, -0.15) is 0 Å². The molecule has 18 heavy (non-hydrogen) atoms. The van der Waals surface area contributed by atoms with Gasteiger partial charge in [0, 0.05) is 23.6 Å². The van der Waals surface area contributed by atoms with E-state index >= 15 is 0 Å². The third kappa shape index (κ3) is 2.93. The number of amides is 1. The van der Waals surface area contributed by atoms with Crippen molar-refractivity contribution in [1.82, 2.24) is 4.98 Å². The van der Waals surface area contributed by atoms with Crippen LogP contribution >= 0.6 is 0 Å². The van der Waals surface area contributed by atoms with Gasteiger partial charge >= 0.3 is 0 Å². The highest BCUT2D eigenvalue weighted by Crippen LogP contribution is 2.16. The first-order valence-electron chi connectivity index (χ1n) is 5.66. The quantitative estimate of drug-likeness (QED) is 0.868. The van der Waals surface area contributed by atoms with Crippen molar-refractivity contribution in [2.24, 2.45) is 0 Å². The molecule has 0 aliphatic rings. The molecule has 0 saturated heterocycles. The van der Waals surface area contributed by atoms with E-state index in [-0.39, 0.29) is 5.91 Å². The largest absolute Gasteiger partial charge is 0.389 e. The van der Waals surface area contributed by atoms with Crippen molar-refractivity contribution in [3.63, 3.8) is 0 Å². The number of hydrogen-bond acceptors (Lipinski definition) is 3. The second kappa shape index (κ2) is 5.42. The maximum atomic E-state index is 11.8.